The fourth-order valence-corrected chi connectivity index (χ4v) is 4.15. The quantitative estimate of drug-likeness (QED) is 0.789. The third-order valence-electron chi connectivity index (χ3n) is 4.04. The SMILES string of the molecule is O=S(=O)(O[C@@H]1C[NH+]2CCC1CC2)c1ccccc1. The van der Waals surface area contributed by atoms with Crippen molar-refractivity contribution in [3.05, 3.63) is 30.3 Å². The molecule has 18 heavy (non-hydrogen) atoms. The van der Waals surface area contributed by atoms with Gasteiger partial charge in [0.1, 0.15) is 12.6 Å². The molecule has 98 valence electrons. The molecule has 0 aromatic heterocycles. The van der Waals surface area contributed by atoms with Crippen LogP contribution in [0.4, 0.5) is 0 Å². The van der Waals surface area contributed by atoms with Crippen LogP contribution < -0.4 is 4.90 Å². The molecular formula is C13H18NO3S+. The lowest BCUT2D eigenvalue weighted by atomic mass is 9.86. The first-order valence-electron chi connectivity index (χ1n) is 6.47. The topological polar surface area (TPSA) is 47.8 Å². The fourth-order valence-electron chi connectivity index (χ4n) is 2.99. The number of hydrogen-bond donors (Lipinski definition) is 1. The van der Waals surface area contributed by atoms with E-state index in [0.717, 1.165) is 32.5 Å². The van der Waals surface area contributed by atoms with Crippen molar-refractivity contribution in [3.8, 4) is 0 Å². The van der Waals surface area contributed by atoms with Crippen molar-refractivity contribution in [1.82, 2.24) is 0 Å². The van der Waals surface area contributed by atoms with E-state index in [1.165, 1.54) is 4.90 Å². The van der Waals surface area contributed by atoms with Gasteiger partial charge in [0.25, 0.3) is 10.1 Å². The van der Waals surface area contributed by atoms with E-state index in [4.69, 9.17) is 4.18 Å². The van der Waals surface area contributed by atoms with Crippen LogP contribution in [-0.4, -0.2) is 34.2 Å². The van der Waals surface area contributed by atoms with Crippen molar-refractivity contribution < 1.29 is 17.5 Å². The van der Waals surface area contributed by atoms with Gasteiger partial charge in [0, 0.05) is 18.8 Å². The predicted molar refractivity (Wildman–Crippen MR) is 66.8 cm³/mol. The summed E-state index contributed by atoms with van der Waals surface area (Å²) in [5, 5.41) is 0. The summed E-state index contributed by atoms with van der Waals surface area (Å²) in [4.78, 5) is 1.74. The van der Waals surface area contributed by atoms with Gasteiger partial charge in [-0.3, -0.25) is 4.18 Å². The smallest absolute Gasteiger partial charge is 0.297 e. The normalized spacial score (nSPS) is 31.4. The van der Waals surface area contributed by atoms with E-state index >= 15 is 0 Å². The number of hydrogen-bond acceptors (Lipinski definition) is 3. The van der Waals surface area contributed by atoms with Crippen LogP contribution in [0.5, 0.6) is 0 Å². The summed E-state index contributed by atoms with van der Waals surface area (Å²) in [6, 6.07) is 8.42. The summed E-state index contributed by atoms with van der Waals surface area (Å²) >= 11 is 0. The Morgan fingerprint density at radius 1 is 1.11 bits per heavy atom. The second-order valence-corrected chi connectivity index (χ2v) is 6.77. The molecule has 3 aliphatic heterocycles. The average molecular weight is 268 g/mol. The summed E-state index contributed by atoms with van der Waals surface area (Å²) in [5.41, 5.74) is 0. The van der Waals surface area contributed by atoms with Crippen molar-refractivity contribution in [2.24, 2.45) is 5.92 Å². The molecule has 3 aliphatic rings. The molecule has 0 spiro atoms. The summed E-state index contributed by atoms with van der Waals surface area (Å²) in [5.74, 6) is 0.418. The third-order valence-corrected chi connectivity index (χ3v) is 5.39. The highest BCUT2D eigenvalue weighted by Gasteiger charge is 2.40. The van der Waals surface area contributed by atoms with Gasteiger partial charge in [0.05, 0.1) is 18.0 Å². The second-order valence-electron chi connectivity index (χ2n) is 5.19. The molecular weight excluding hydrogens is 250 g/mol. The molecule has 2 bridgehead atoms. The van der Waals surface area contributed by atoms with Gasteiger partial charge in [-0.15, -0.1) is 0 Å². The van der Waals surface area contributed by atoms with Gasteiger partial charge in [0.15, 0.2) is 0 Å². The molecule has 0 aliphatic carbocycles. The van der Waals surface area contributed by atoms with Crippen LogP contribution in [0.25, 0.3) is 0 Å². The number of nitrogens with one attached hydrogen (secondary N) is 1. The molecule has 4 rings (SSSR count). The highest BCUT2D eigenvalue weighted by atomic mass is 32.2. The largest absolute Gasteiger partial charge is 0.333 e. The Morgan fingerprint density at radius 2 is 1.78 bits per heavy atom. The predicted octanol–water partition coefficient (Wildman–Crippen LogP) is 0.0690. The fraction of sp³-hybridized carbons (Fsp3) is 0.538. The zero-order chi connectivity index (χ0) is 12.6. The first-order chi connectivity index (χ1) is 8.65. The van der Waals surface area contributed by atoms with Crippen LogP contribution in [0, 0.1) is 5.92 Å². The first-order valence-corrected chi connectivity index (χ1v) is 7.88. The molecule has 3 fully saturated rings. The molecule has 0 saturated carbocycles. The minimum absolute atomic E-state index is 0.132. The zero-order valence-electron chi connectivity index (χ0n) is 10.2. The molecule has 4 nitrogen and oxygen atoms in total. The number of benzene rings is 1. The maximum absolute atomic E-state index is 12.1. The molecule has 1 aromatic carbocycles. The lowest BCUT2D eigenvalue weighted by Gasteiger charge is -2.40. The Morgan fingerprint density at radius 3 is 2.33 bits per heavy atom. The van der Waals surface area contributed by atoms with E-state index in [-0.39, 0.29) is 11.0 Å². The van der Waals surface area contributed by atoms with Gasteiger partial charge in [-0.2, -0.15) is 8.42 Å². The summed E-state index contributed by atoms with van der Waals surface area (Å²) in [6.45, 7) is 3.16. The van der Waals surface area contributed by atoms with Crippen molar-refractivity contribution in [1.29, 1.82) is 0 Å². The molecule has 3 saturated heterocycles. The Kier molecular flexibility index (Phi) is 3.13. The Bertz CT molecular complexity index is 506. The number of rotatable bonds is 3. The van der Waals surface area contributed by atoms with Crippen molar-refractivity contribution in [2.45, 2.75) is 23.8 Å². The van der Waals surface area contributed by atoms with Crippen LogP contribution in [0.2, 0.25) is 0 Å². The van der Waals surface area contributed by atoms with Crippen molar-refractivity contribution >= 4 is 10.1 Å². The van der Waals surface area contributed by atoms with Gasteiger partial charge in [-0.1, -0.05) is 18.2 Å². The summed E-state index contributed by atoms with van der Waals surface area (Å²) < 4.78 is 29.7. The van der Waals surface area contributed by atoms with Gasteiger partial charge < -0.3 is 4.90 Å². The first kappa shape index (κ1) is 12.1. The highest BCUT2D eigenvalue weighted by molar-refractivity contribution is 7.86. The van der Waals surface area contributed by atoms with E-state index in [1.807, 2.05) is 0 Å². The number of piperidine rings is 3. The molecule has 1 aromatic rings. The standard InChI is InChI=1S/C13H17NO3S/c15-18(16,12-4-2-1-3-5-12)17-13-10-14-8-6-11(13)7-9-14/h1-5,11,13H,6-10H2/p+1/t13-/m1/s1. The average Bonchev–Trinajstić information content (AvgIpc) is 2.41. The van der Waals surface area contributed by atoms with E-state index < -0.39 is 10.1 Å². The Balaban J connectivity index is 1.77. The number of quaternary nitrogens is 1. The van der Waals surface area contributed by atoms with Gasteiger partial charge >= 0.3 is 0 Å². The van der Waals surface area contributed by atoms with E-state index in [9.17, 15) is 8.42 Å². The van der Waals surface area contributed by atoms with E-state index in [2.05, 4.69) is 0 Å². The maximum atomic E-state index is 12.1. The van der Waals surface area contributed by atoms with Crippen molar-refractivity contribution in [2.75, 3.05) is 19.6 Å². The number of fused-ring (bicyclic) bond motifs is 3. The van der Waals surface area contributed by atoms with Crippen LogP contribution in [0.1, 0.15) is 12.8 Å². The van der Waals surface area contributed by atoms with E-state index in [0.29, 0.717) is 5.92 Å². The second kappa shape index (κ2) is 4.64. The lowest BCUT2D eigenvalue weighted by Crippen LogP contribution is -3.16. The minimum Gasteiger partial charge on any atom is -0.333 e. The zero-order valence-corrected chi connectivity index (χ0v) is 11.0. The molecule has 1 N–H and O–H groups in total. The van der Waals surface area contributed by atoms with Gasteiger partial charge in [-0.25, -0.2) is 0 Å². The van der Waals surface area contributed by atoms with Gasteiger partial charge in [0.2, 0.25) is 0 Å². The van der Waals surface area contributed by atoms with Crippen LogP contribution >= 0.6 is 0 Å². The molecule has 1 atom stereocenters. The van der Waals surface area contributed by atoms with Crippen LogP contribution in [-0.2, 0) is 14.3 Å². The minimum atomic E-state index is -3.60. The molecule has 0 unspecified atom stereocenters. The van der Waals surface area contributed by atoms with Crippen molar-refractivity contribution in [3.63, 3.8) is 0 Å². The third kappa shape index (κ3) is 2.30. The van der Waals surface area contributed by atoms with E-state index in [1.54, 1.807) is 30.3 Å². The van der Waals surface area contributed by atoms with Crippen LogP contribution in [0.15, 0.2) is 35.2 Å². The monoisotopic (exact) mass is 268 g/mol. The Hall–Kier alpha value is -0.910. The highest BCUT2D eigenvalue weighted by Crippen LogP contribution is 2.24. The lowest BCUT2D eigenvalue weighted by molar-refractivity contribution is -0.920. The molecule has 0 amide bonds. The Labute approximate surface area is 108 Å². The summed E-state index contributed by atoms with van der Waals surface area (Å²) in [6.07, 6.45) is 2.04. The van der Waals surface area contributed by atoms with Crippen LogP contribution in [0.3, 0.4) is 0 Å². The molecule has 0 radical (unpaired) electrons. The molecule has 3 heterocycles. The maximum Gasteiger partial charge on any atom is 0.297 e. The molecule has 5 heteroatoms. The van der Waals surface area contributed by atoms with Gasteiger partial charge in [-0.05, 0) is 12.1 Å². The summed E-state index contributed by atoms with van der Waals surface area (Å²) in [7, 11) is -3.60.